The molecule has 102 valence electrons. The maximum Gasteiger partial charge on any atom is 0.124 e. The highest BCUT2D eigenvalue weighted by Crippen LogP contribution is 2.31. The van der Waals surface area contributed by atoms with E-state index in [1.54, 1.807) is 13.2 Å². The van der Waals surface area contributed by atoms with E-state index in [4.69, 9.17) is 4.74 Å². The highest BCUT2D eigenvalue weighted by Gasteiger charge is 2.15. The Kier molecular flexibility index (Phi) is 5.48. The zero-order chi connectivity index (χ0) is 13.7. The number of phenolic OH excluding ortho intramolecular Hbond substituents is 1. The summed E-state index contributed by atoms with van der Waals surface area (Å²) in [7, 11) is 3.70. The lowest BCUT2D eigenvalue weighted by Crippen LogP contribution is -2.24. The quantitative estimate of drug-likeness (QED) is 0.840. The third-order valence-electron chi connectivity index (χ3n) is 3.41. The molecule has 0 aliphatic heterocycles. The number of aromatic hydroxyl groups is 1. The molecule has 1 N–H and O–H groups in total. The Labute approximate surface area is 110 Å². The van der Waals surface area contributed by atoms with Crippen molar-refractivity contribution in [2.45, 2.75) is 33.2 Å². The first kappa shape index (κ1) is 14.8. The molecule has 18 heavy (non-hydrogen) atoms. The molecule has 0 heterocycles. The SMILES string of the molecule is COc1ccc(C(C)N(C)CCC(C)C)c(O)c1. The Balaban J connectivity index is 2.73. The third kappa shape index (κ3) is 3.91. The summed E-state index contributed by atoms with van der Waals surface area (Å²) in [6.07, 6.45) is 1.16. The number of hydrogen-bond acceptors (Lipinski definition) is 3. The van der Waals surface area contributed by atoms with Gasteiger partial charge in [-0.05, 0) is 38.9 Å². The maximum absolute atomic E-state index is 10.0. The number of phenols is 1. The predicted molar refractivity (Wildman–Crippen MR) is 75.2 cm³/mol. The van der Waals surface area contributed by atoms with E-state index in [9.17, 15) is 5.11 Å². The van der Waals surface area contributed by atoms with Gasteiger partial charge in [0.1, 0.15) is 11.5 Å². The normalized spacial score (nSPS) is 13.1. The van der Waals surface area contributed by atoms with Crippen LogP contribution in [0, 0.1) is 5.92 Å². The van der Waals surface area contributed by atoms with Crippen molar-refractivity contribution in [3.05, 3.63) is 23.8 Å². The maximum atomic E-state index is 10.0. The van der Waals surface area contributed by atoms with Gasteiger partial charge in [-0.15, -0.1) is 0 Å². The summed E-state index contributed by atoms with van der Waals surface area (Å²) in [5, 5.41) is 10.0. The van der Waals surface area contributed by atoms with Crippen LogP contribution in [0.5, 0.6) is 11.5 Å². The Morgan fingerprint density at radius 1 is 1.28 bits per heavy atom. The zero-order valence-corrected chi connectivity index (χ0v) is 12.1. The molecule has 0 aliphatic carbocycles. The fourth-order valence-corrected chi connectivity index (χ4v) is 1.90. The molecule has 3 heteroatoms. The molecule has 0 aromatic heterocycles. The summed E-state index contributed by atoms with van der Waals surface area (Å²) < 4.78 is 5.10. The predicted octanol–water partition coefficient (Wildman–Crippen LogP) is 3.44. The smallest absolute Gasteiger partial charge is 0.124 e. The Hall–Kier alpha value is -1.22. The van der Waals surface area contributed by atoms with Crippen molar-refractivity contribution in [1.82, 2.24) is 4.90 Å². The van der Waals surface area contributed by atoms with Crippen LogP contribution in [0.3, 0.4) is 0 Å². The fraction of sp³-hybridized carbons (Fsp3) is 0.600. The van der Waals surface area contributed by atoms with E-state index in [0.717, 1.165) is 18.5 Å². The summed E-state index contributed by atoms with van der Waals surface area (Å²) in [6, 6.07) is 5.70. The average molecular weight is 251 g/mol. The number of methoxy groups -OCH3 is 1. The van der Waals surface area contributed by atoms with Gasteiger partial charge in [0.15, 0.2) is 0 Å². The molecule has 0 amide bonds. The molecule has 0 aliphatic rings. The van der Waals surface area contributed by atoms with E-state index in [-0.39, 0.29) is 6.04 Å². The molecule has 0 radical (unpaired) electrons. The molecule has 1 atom stereocenters. The standard InChI is InChI=1S/C15H25NO2/c1-11(2)8-9-16(4)12(3)14-7-6-13(18-5)10-15(14)17/h6-7,10-12,17H,8-9H2,1-5H3. The highest BCUT2D eigenvalue weighted by molar-refractivity contribution is 5.41. The van der Waals surface area contributed by atoms with Crippen molar-refractivity contribution in [2.24, 2.45) is 5.92 Å². The van der Waals surface area contributed by atoms with E-state index >= 15 is 0 Å². The van der Waals surface area contributed by atoms with Crippen molar-refractivity contribution >= 4 is 0 Å². The minimum atomic E-state index is 0.203. The van der Waals surface area contributed by atoms with Crippen LogP contribution in [0.2, 0.25) is 0 Å². The second kappa shape index (κ2) is 6.64. The molecular formula is C15H25NO2. The lowest BCUT2D eigenvalue weighted by molar-refractivity contribution is 0.242. The van der Waals surface area contributed by atoms with E-state index < -0.39 is 0 Å². The number of nitrogens with zero attached hydrogens (tertiary/aromatic N) is 1. The molecule has 0 saturated carbocycles. The van der Waals surface area contributed by atoms with Crippen molar-refractivity contribution < 1.29 is 9.84 Å². The fourth-order valence-electron chi connectivity index (χ4n) is 1.90. The van der Waals surface area contributed by atoms with Gasteiger partial charge >= 0.3 is 0 Å². The number of hydrogen-bond donors (Lipinski definition) is 1. The second-order valence-electron chi connectivity index (χ2n) is 5.26. The largest absolute Gasteiger partial charge is 0.507 e. The molecule has 1 aromatic carbocycles. The molecule has 0 spiro atoms. The monoisotopic (exact) mass is 251 g/mol. The summed E-state index contributed by atoms with van der Waals surface area (Å²) in [5.41, 5.74) is 0.946. The van der Waals surface area contributed by atoms with Crippen LogP contribution in [-0.4, -0.2) is 30.7 Å². The first-order valence-electron chi connectivity index (χ1n) is 6.52. The van der Waals surface area contributed by atoms with Crippen LogP contribution in [0.25, 0.3) is 0 Å². The lowest BCUT2D eigenvalue weighted by atomic mass is 10.0. The molecular weight excluding hydrogens is 226 g/mol. The number of benzene rings is 1. The number of ether oxygens (including phenoxy) is 1. The summed E-state index contributed by atoms with van der Waals surface area (Å²) >= 11 is 0. The van der Waals surface area contributed by atoms with Gasteiger partial charge in [-0.2, -0.15) is 0 Å². The van der Waals surface area contributed by atoms with Crippen LogP contribution >= 0.6 is 0 Å². The lowest BCUT2D eigenvalue weighted by Gasteiger charge is -2.26. The van der Waals surface area contributed by atoms with Gasteiger partial charge in [0.2, 0.25) is 0 Å². The molecule has 0 saturated heterocycles. The Morgan fingerprint density at radius 2 is 1.94 bits per heavy atom. The van der Waals surface area contributed by atoms with Gasteiger partial charge in [0.25, 0.3) is 0 Å². The molecule has 0 fully saturated rings. The van der Waals surface area contributed by atoms with Crippen molar-refractivity contribution in [2.75, 3.05) is 20.7 Å². The highest BCUT2D eigenvalue weighted by atomic mass is 16.5. The number of rotatable bonds is 6. The average Bonchev–Trinajstić information content (AvgIpc) is 2.34. The van der Waals surface area contributed by atoms with E-state index in [0.29, 0.717) is 17.4 Å². The molecule has 1 unspecified atom stereocenters. The molecule has 1 aromatic rings. The van der Waals surface area contributed by atoms with Crippen molar-refractivity contribution in [1.29, 1.82) is 0 Å². The molecule has 1 rings (SSSR count). The van der Waals surface area contributed by atoms with Gasteiger partial charge in [-0.3, -0.25) is 4.90 Å². The topological polar surface area (TPSA) is 32.7 Å². The van der Waals surface area contributed by atoms with E-state index in [1.165, 1.54) is 0 Å². The summed E-state index contributed by atoms with van der Waals surface area (Å²) in [6.45, 7) is 7.60. The van der Waals surface area contributed by atoms with Gasteiger partial charge < -0.3 is 9.84 Å². The van der Waals surface area contributed by atoms with Gasteiger partial charge in [0, 0.05) is 17.7 Å². The Bertz CT molecular complexity index is 377. The zero-order valence-electron chi connectivity index (χ0n) is 12.1. The van der Waals surface area contributed by atoms with E-state index in [2.05, 4.69) is 32.7 Å². The van der Waals surface area contributed by atoms with Crippen LogP contribution in [0.4, 0.5) is 0 Å². The van der Waals surface area contributed by atoms with Gasteiger partial charge in [-0.25, -0.2) is 0 Å². The van der Waals surface area contributed by atoms with Crippen LogP contribution < -0.4 is 4.74 Å². The first-order valence-corrected chi connectivity index (χ1v) is 6.52. The minimum Gasteiger partial charge on any atom is -0.507 e. The first-order chi connectivity index (χ1) is 8.45. The third-order valence-corrected chi connectivity index (χ3v) is 3.41. The van der Waals surface area contributed by atoms with Crippen molar-refractivity contribution in [3.8, 4) is 11.5 Å². The molecule has 3 nitrogen and oxygen atoms in total. The Morgan fingerprint density at radius 3 is 2.44 bits per heavy atom. The summed E-state index contributed by atoms with van der Waals surface area (Å²) in [5.74, 6) is 1.69. The summed E-state index contributed by atoms with van der Waals surface area (Å²) in [4.78, 5) is 2.27. The van der Waals surface area contributed by atoms with Gasteiger partial charge in [-0.1, -0.05) is 19.9 Å². The van der Waals surface area contributed by atoms with Crippen LogP contribution in [-0.2, 0) is 0 Å². The van der Waals surface area contributed by atoms with Crippen molar-refractivity contribution in [3.63, 3.8) is 0 Å². The minimum absolute atomic E-state index is 0.203. The van der Waals surface area contributed by atoms with Crippen LogP contribution in [0.1, 0.15) is 38.8 Å². The van der Waals surface area contributed by atoms with Crippen LogP contribution in [0.15, 0.2) is 18.2 Å². The van der Waals surface area contributed by atoms with Gasteiger partial charge in [0.05, 0.1) is 7.11 Å². The molecule has 0 bridgehead atoms. The second-order valence-corrected chi connectivity index (χ2v) is 5.26. The van der Waals surface area contributed by atoms with E-state index in [1.807, 2.05) is 12.1 Å².